The molecule has 2 aliphatic carbocycles. The minimum Gasteiger partial charge on any atom is -0.377 e. The van der Waals surface area contributed by atoms with Gasteiger partial charge in [0.05, 0.1) is 6.10 Å². The van der Waals surface area contributed by atoms with Crippen LogP contribution in [0, 0.1) is 17.8 Å². The van der Waals surface area contributed by atoms with Gasteiger partial charge in [-0.1, -0.05) is 13.3 Å². The number of fused-ring (bicyclic) bond motifs is 2. The van der Waals surface area contributed by atoms with Gasteiger partial charge in [-0.2, -0.15) is 0 Å². The number of hydrazine groups is 1. The van der Waals surface area contributed by atoms with Crippen LogP contribution >= 0.6 is 0 Å². The molecule has 0 heterocycles. The molecule has 2 bridgehead atoms. The Kier molecular flexibility index (Phi) is 4.83. The minimum absolute atomic E-state index is 0.282. The zero-order valence-corrected chi connectivity index (χ0v) is 11.3. The summed E-state index contributed by atoms with van der Waals surface area (Å²) in [7, 11) is 0. The van der Waals surface area contributed by atoms with Gasteiger partial charge in [0.2, 0.25) is 0 Å². The molecule has 100 valence electrons. The first kappa shape index (κ1) is 13.3. The Labute approximate surface area is 105 Å². The summed E-state index contributed by atoms with van der Waals surface area (Å²) in [6.07, 6.45) is 8.38. The first-order valence-corrected chi connectivity index (χ1v) is 7.36. The second-order valence-corrected chi connectivity index (χ2v) is 5.85. The molecular formula is C14H28N2O. The first-order valence-electron chi connectivity index (χ1n) is 7.36. The summed E-state index contributed by atoms with van der Waals surface area (Å²) in [4.78, 5) is 0. The van der Waals surface area contributed by atoms with Gasteiger partial charge in [0.15, 0.2) is 0 Å². The maximum absolute atomic E-state index is 5.79. The van der Waals surface area contributed by atoms with Gasteiger partial charge in [-0.3, -0.25) is 11.3 Å². The fourth-order valence-corrected chi connectivity index (χ4v) is 4.05. The van der Waals surface area contributed by atoms with E-state index in [2.05, 4.69) is 19.3 Å². The maximum Gasteiger partial charge on any atom is 0.0738 e. The van der Waals surface area contributed by atoms with Gasteiger partial charge in [-0.05, 0) is 56.8 Å². The molecule has 0 aromatic heterocycles. The molecule has 2 aliphatic rings. The van der Waals surface area contributed by atoms with E-state index in [0.29, 0.717) is 6.04 Å². The van der Waals surface area contributed by atoms with E-state index in [1.807, 2.05) is 0 Å². The van der Waals surface area contributed by atoms with E-state index in [-0.39, 0.29) is 6.10 Å². The van der Waals surface area contributed by atoms with Crippen molar-refractivity contribution in [2.24, 2.45) is 23.6 Å². The topological polar surface area (TPSA) is 47.3 Å². The average molecular weight is 240 g/mol. The molecule has 0 aromatic carbocycles. The van der Waals surface area contributed by atoms with Crippen LogP contribution in [0.3, 0.4) is 0 Å². The van der Waals surface area contributed by atoms with E-state index in [1.54, 1.807) is 0 Å². The molecule has 0 aromatic rings. The summed E-state index contributed by atoms with van der Waals surface area (Å²) in [6.45, 7) is 5.03. The van der Waals surface area contributed by atoms with Gasteiger partial charge < -0.3 is 4.74 Å². The van der Waals surface area contributed by atoms with Crippen LogP contribution in [0.5, 0.6) is 0 Å². The third-order valence-electron chi connectivity index (χ3n) is 4.89. The van der Waals surface area contributed by atoms with Crippen LogP contribution < -0.4 is 11.3 Å². The van der Waals surface area contributed by atoms with Crippen molar-refractivity contribution in [3.8, 4) is 0 Å². The Balaban J connectivity index is 1.86. The molecule has 0 spiro atoms. The monoisotopic (exact) mass is 240 g/mol. The number of nitrogens with two attached hydrogens (primary N) is 1. The number of hydrogen-bond acceptors (Lipinski definition) is 3. The number of nitrogens with one attached hydrogen (secondary N) is 1. The molecule has 0 saturated heterocycles. The lowest BCUT2D eigenvalue weighted by Gasteiger charge is -2.31. The highest BCUT2D eigenvalue weighted by atomic mass is 16.5. The quantitative estimate of drug-likeness (QED) is 0.531. The fourth-order valence-electron chi connectivity index (χ4n) is 4.05. The van der Waals surface area contributed by atoms with Crippen LogP contribution in [0.15, 0.2) is 0 Å². The molecule has 2 saturated carbocycles. The van der Waals surface area contributed by atoms with E-state index < -0.39 is 0 Å². The summed E-state index contributed by atoms with van der Waals surface area (Å²) < 4.78 is 5.79. The number of rotatable bonds is 7. The Hall–Kier alpha value is -0.120. The Bertz CT molecular complexity index is 234. The predicted molar refractivity (Wildman–Crippen MR) is 70.4 cm³/mol. The van der Waals surface area contributed by atoms with Crippen molar-refractivity contribution >= 4 is 0 Å². The van der Waals surface area contributed by atoms with E-state index in [4.69, 9.17) is 10.6 Å². The second kappa shape index (κ2) is 6.17. The maximum atomic E-state index is 5.79. The van der Waals surface area contributed by atoms with E-state index >= 15 is 0 Å². The van der Waals surface area contributed by atoms with Crippen molar-refractivity contribution in [3.05, 3.63) is 0 Å². The molecule has 0 aliphatic heterocycles. The standard InChI is InChI=1S/C14H28N2O/c1-3-14(17-4-2)13(16-15)9-12-8-10-5-6-11(12)7-10/h10-14,16H,3-9,15H2,1-2H3. The van der Waals surface area contributed by atoms with Gasteiger partial charge in [0, 0.05) is 12.6 Å². The van der Waals surface area contributed by atoms with Gasteiger partial charge in [0.1, 0.15) is 0 Å². The Morgan fingerprint density at radius 3 is 2.59 bits per heavy atom. The molecule has 2 fully saturated rings. The lowest BCUT2D eigenvalue weighted by atomic mass is 9.83. The van der Waals surface area contributed by atoms with Crippen LogP contribution in [0.1, 0.15) is 52.4 Å². The summed E-state index contributed by atoms with van der Waals surface area (Å²) in [5.41, 5.74) is 3.00. The molecule has 3 N–H and O–H groups in total. The van der Waals surface area contributed by atoms with Crippen LogP contribution in [-0.2, 0) is 4.74 Å². The van der Waals surface area contributed by atoms with Crippen LogP contribution in [-0.4, -0.2) is 18.8 Å². The zero-order chi connectivity index (χ0) is 12.3. The normalized spacial score (nSPS) is 35.1. The second-order valence-electron chi connectivity index (χ2n) is 5.85. The molecule has 5 atom stereocenters. The molecular weight excluding hydrogens is 212 g/mol. The first-order chi connectivity index (χ1) is 8.28. The molecule has 0 amide bonds. The van der Waals surface area contributed by atoms with Gasteiger partial charge in [-0.15, -0.1) is 0 Å². The largest absolute Gasteiger partial charge is 0.377 e. The smallest absolute Gasteiger partial charge is 0.0738 e. The van der Waals surface area contributed by atoms with Crippen molar-refractivity contribution in [1.29, 1.82) is 0 Å². The third kappa shape index (κ3) is 3.01. The summed E-state index contributed by atoms with van der Waals surface area (Å²) in [6, 6.07) is 0.337. The predicted octanol–water partition coefficient (Wildman–Crippen LogP) is 2.46. The highest BCUT2D eigenvalue weighted by Crippen LogP contribution is 2.50. The van der Waals surface area contributed by atoms with Gasteiger partial charge in [0.25, 0.3) is 0 Å². The van der Waals surface area contributed by atoms with Gasteiger partial charge in [-0.25, -0.2) is 0 Å². The van der Waals surface area contributed by atoms with Crippen LogP contribution in [0.4, 0.5) is 0 Å². The lowest BCUT2D eigenvalue weighted by Crippen LogP contribution is -2.46. The molecule has 5 unspecified atom stereocenters. The SMILES string of the molecule is CCOC(CC)C(CC1CC2CCC1C2)NN. The van der Waals surface area contributed by atoms with Crippen LogP contribution in [0.2, 0.25) is 0 Å². The highest BCUT2D eigenvalue weighted by molar-refractivity contribution is 4.92. The summed E-state index contributed by atoms with van der Waals surface area (Å²) in [5, 5.41) is 0. The molecule has 2 rings (SSSR count). The number of ether oxygens (including phenoxy) is 1. The molecule has 3 heteroatoms. The zero-order valence-electron chi connectivity index (χ0n) is 11.3. The Morgan fingerprint density at radius 1 is 1.29 bits per heavy atom. The third-order valence-corrected chi connectivity index (χ3v) is 4.89. The molecule has 3 nitrogen and oxygen atoms in total. The molecule has 17 heavy (non-hydrogen) atoms. The molecule has 0 radical (unpaired) electrons. The van der Waals surface area contributed by atoms with Crippen molar-refractivity contribution in [1.82, 2.24) is 5.43 Å². The van der Waals surface area contributed by atoms with E-state index in [0.717, 1.165) is 30.8 Å². The summed E-state index contributed by atoms with van der Waals surface area (Å²) >= 11 is 0. The van der Waals surface area contributed by atoms with Crippen molar-refractivity contribution in [3.63, 3.8) is 0 Å². The van der Waals surface area contributed by atoms with E-state index in [1.165, 1.54) is 32.1 Å². The summed E-state index contributed by atoms with van der Waals surface area (Å²) in [5.74, 6) is 8.62. The van der Waals surface area contributed by atoms with E-state index in [9.17, 15) is 0 Å². The fraction of sp³-hybridized carbons (Fsp3) is 1.00. The van der Waals surface area contributed by atoms with Crippen LogP contribution in [0.25, 0.3) is 0 Å². The Morgan fingerprint density at radius 2 is 2.12 bits per heavy atom. The van der Waals surface area contributed by atoms with Crippen molar-refractivity contribution in [2.45, 2.75) is 64.5 Å². The average Bonchev–Trinajstić information content (AvgIpc) is 2.95. The highest BCUT2D eigenvalue weighted by Gasteiger charge is 2.40. The lowest BCUT2D eigenvalue weighted by molar-refractivity contribution is 0.0225. The van der Waals surface area contributed by atoms with Crippen molar-refractivity contribution in [2.75, 3.05) is 6.61 Å². The number of hydrogen-bond donors (Lipinski definition) is 2. The van der Waals surface area contributed by atoms with Crippen molar-refractivity contribution < 1.29 is 4.74 Å². The minimum atomic E-state index is 0.282. The van der Waals surface area contributed by atoms with Gasteiger partial charge >= 0.3 is 0 Å².